The van der Waals surface area contributed by atoms with Gasteiger partial charge in [-0.15, -0.1) is 0 Å². The second-order valence-corrected chi connectivity index (χ2v) is 5.43. The normalized spacial score (nSPS) is 12.0. The van der Waals surface area contributed by atoms with Crippen LogP contribution in [0.15, 0.2) is 11.6 Å². The SMILES string of the molecule is CCCCCC(=O)OCC[C@H](C)CCC=C(C)C. The first-order chi connectivity index (χ1) is 8.56. The van der Waals surface area contributed by atoms with Crippen molar-refractivity contribution < 1.29 is 9.53 Å². The molecular formula is C16H30O2. The third kappa shape index (κ3) is 11.7. The van der Waals surface area contributed by atoms with Gasteiger partial charge >= 0.3 is 5.97 Å². The maximum absolute atomic E-state index is 11.4. The summed E-state index contributed by atoms with van der Waals surface area (Å²) in [5, 5.41) is 0. The zero-order valence-corrected chi connectivity index (χ0v) is 12.6. The van der Waals surface area contributed by atoms with Crippen molar-refractivity contribution in [1.82, 2.24) is 0 Å². The molecule has 0 bridgehead atoms. The summed E-state index contributed by atoms with van der Waals surface area (Å²) >= 11 is 0. The number of hydrogen-bond acceptors (Lipinski definition) is 2. The summed E-state index contributed by atoms with van der Waals surface area (Å²) in [7, 11) is 0. The molecule has 0 unspecified atom stereocenters. The minimum absolute atomic E-state index is 0.0278. The van der Waals surface area contributed by atoms with Crippen LogP contribution in [0.5, 0.6) is 0 Å². The van der Waals surface area contributed by atoms with Gasteiger partial charge in [0.15, 0.2) is 0 Å². The molecule has 0 N–H and O–H groups in total. The molecule has 0 rings (SSSR count). The third-order valence-electron chi connectivity index (χ3n) is 3.07. The molecule has 0 aromatic carbocycles. The van der Waals surface area contributed by atoms with Gasteiger partial charge in [-0.25, -0.2) is 0 Å². The Labute approximate surface area is 113 Å². The summed E-state index contributed by atoms with van der Waals surface area (Å²) in [6.07, 6.45) is 9.38. The van der Waals surface area contributed by atoms with Crippen LogP contribution in [0.25, 0.3) is 0 Å². The summed E-state index contributed by atoms with van der Waals surface area (Å²) < 4.78 is 5.23. The minimum atomic E-state index is -0.0278. The Morgan fingerprint density at radius 2 is 1.94 bits per heavy atom. The molecule has 106 valence electrons. The lowest BCUT2D eigenvalue weighted by molar-refractivity contribution is -0.144. The maximum atomic E-state index is 11.4. The van der Waals surface area contributed by atoms with Crippen LogP contribution < -0.4 is 0 Å². The molecule has 0 heterocycles. The van der Waals surface area contributed by atoms with Crippen LogP contribution in [0.1, 0.15) is 72.6 Å². The van der Waals surface area contributed by atoms with Gasteiger partial charge in [0.25, 0.3) is 0 Å². The molecule has 0 amide bonds. The standard InChI is InChI=1S/C16H30O2/c1-5-6-7-11-16(17)18-13-12-15(4)10-8-9-14(2)3/h9,15H,5-8,10-13H2,1-4H3/t15-/m1/s1. The Bertz CT molecular complexity index is 239. The van der Waals surface area contributed by atoms with Crippen molar-refractivity contribution in [2.75, 3.05) is 6.61 Å². The second-order valence-electron chi connectivity index (χ2n) is 5.43. The van der Waals surface area contributed by atoms with E-state index in [-0.39, 0.29) is 5.97 Å². The van der Waals surface area contributed by atoms with Gasteiger partial charge in [0.2, 0.25) is 0 Å². The Balaban J connectivity index is 3.46. The van der Waals surface area contributed by atoms with Gasteiger partial charge in [0.1, 0.15) is 0 Å². The van der Waals surface area contributed by atoms with Crippen molar-refractivity contribution in [1.29, 1.82) is 0 Å². The van der Waals surface area contributed by atoms with E-state index >= 15 is 0 Å². The van der Waals surface area contributed by atoms with Crippen LogP contribution in [0.4, 0.5) is 0 Å². The van der Waals surface area contributed by atoms with E-state index < -0.39 is 0 Å². The Morgan fingerprint density at radius 1 is 1.22 bits per heavy atom. The third-order valence-corrected chi connectivity index (χ3v) is 3.07. The molecule has 0 spiro atoms. The van der Waals surface area contributed by atoms with Crippen LogP contribution >= 0.6 is 0 Å². The fourth-order valence-electron chi connectivity index (χ4n) is 1.77. The average Bonchev–Trinajstić information content (AvgIpc) is 2.29. The van der Waals surface area contributed by atoms with Crippen molar-refractivity contribution in [3.63, 3.8) is 0 Å². The molecule has 0 aliphatic heterocycles. The number of carbonyl (C=O) groups excluding carboxylic acids is 1. The number of hydrogen-bond donors (Lipinski definition) is 0. The number of carbonyl (C=O) groups is 1. The molecule has 0 aliphatic rings. The van der Waals surface area contributed by atoms with Crippen LogP contribution in [0.3, 0.4) is 0 Å². The van der Waals surface area contributed by atoms with Gasteiger partial charge in [0.05, 0.1) is 6.61 Å². The van der Waals surface area contributed by atoms with Crippen molar-refractivity contribution in [3.8, 4) is 0 Å². The van der Waals surface area contributed by atoms with Gasteiger partial charge in [-0.2, -0.15) is 0 Å². The number of unbranched alkanes of at least 4 members (excludes halogenated alkanes) is 2. The molecule has 0 saturated heterocycles. The highest BCUT2D eigenvalue weighted by molar-refractivity contribution is 5.69. The van der Waals surface area contributed by atoms with Gasteiger partial charge in [-0.3, -0.25) is 4.79 Å². The molecule has 0 aromatic heterocycles. The maximum Gasteiger partial charge on any atom is 0.305 e. The molecule has 0 radical (unpaired) electrons. The summed E-state index contributed by atoms with van der Waals surface area (Å²) in [6, 6.07) is 0. The first-order valence-electron chi connectivity index (χ1n) is 7.35. The predicted molar refractivity (Wildman–Crippen MR) is 77.5 cm³/mol. The lowest BCUT2D eigenvalue weighted by atomic mass is 10.0. The topological polar surface area (TPSA) is 26.3 Å². The highest BCUT2D eigenvalue weighted by Crippen LogP contribution is 2.12. The fourth-order valence-corrected chi connectivity index (χ4v) is 1.77. The van der Waals surface area contributed by atoms with Gasteiger partial charge in [0, 0.05) is 6.42 Å². The summed E-state index contributed by atoms with van der Waals surface area (Å²) in [5.41, 5.74) is 1.38. The van der Waals surface area contributed by atoms with Crippen LogP contribution in [0.2, 0.25) is 0 Å². The summed E-state index contributed by atoms with van der Waals surface area (Å²) in [4.78, 5) is 11.4. The van der Waals surface area contributed by atoms with Crippen molar-refractivity contribution in [2.45, 2.75) is 72.6 Å². The number of allylic oxidation sites excluding steroid dienone is 2. The van der Waals surface area contributed by atoms with E-state index in [2.05, 4.69) is 33.8 Å². The Hall–Kier alpha value is -0.790. The van der Waals surface area contributed by atoms with E-state index in [1.807, 2.05) is 0 Å². The lowest BCUT2D eigenvalue weighted by Gasteiger charge is -2.10. The summed E-state index contributed by atoms with van der Waals surface area (Å²) in [6.45, 7) is 9.20. The smallest absolute Gasteiger partial charge is 0.305 e. The molecule has 0 saturated carbocycles. The zero-order valence-electron chi connectivity index (χ0n) is 12.6. The number of esters is 1. The number of ether oxygens (including phenoxy) is 1. The molecule has 0 aliphatic carbocycles. The van der Waals surface area contributed by atoms with Gasteiger partial charge < -0.3 is 4.74 Å². The van der Waals surface area contributed by atoms with Crippen molar-refractivity contribution >= 4 is 5.97 Å². The molecular weight excluding hydrogens is 224 g/mol. The molecule has 2 nitrogen and oxygen atoms in total. The zero-order chi connectivity index (χ0) is 13.8. The van der Waals surface area contributed by atoms with Crippen LogP contribution in [-0.4, -0.2) is 12.6 Å². The molecule has 0 fully saturated rings. The van der Waals surface area contributed by atoms with E-state index in [1.165, 1.54) is 12.0 Å². The van der Waals surface area contributed by atoms with E-state index in [0.717, 1.165) is 32.1 Å². The largest absolute Gasteiger partial charge is 0.466 e. The van der Waals surface area contributed by atoms with Gasteiger partial charge in [-0.1, -0.05) is 38.3 Å². The molecule has 2 heteroatoms. The second kappa shape index (κ2) is 11.3. The van der Waals surface area contributed by atoms with Crippen LogP contribution in [0, 0.1) is 5.92 Å². The highest BCUT2D eigenvalue weighted by Gasteiger charge is 2.05. The van der Waals surface area contributed by atoms with E-state index in [1.54, 1.807) is 0 Å². The van der Waals surface area contributed by atoms with E-state index in [9.17, 15) is 4.79 Å². The first-order valence-corrected chi connectivity index (χ1v) is 7.35. The van der Waals surface area contributed by atoms with Crippen molar-refractivity contribution in [3.05, 3.63) is 11.6 Å². The Morgan fingerprint density at radius 3 is 2.56 bits per heavy atom. The monoisotopic (exact) mass is 254 g/mol. The average molecular weight is 254 g/mol. The summed E-state index contributed by atoms with van der Waals surface area (Å²) in [5.74, 6) is 0.601. The molecule has 0 aromatic rings. The first kappa shape index (κ1) is 17.2. The van der Waals surface area contributed by atoms with Crippen LogP contribution in [-0.2, 0) is 9.53 Å². The van der Waals surface area contributed by atoms with Crippen molar-refractivity contribution in [2.24, 2.45) is 5.92 Å². The lowest BCUT2D eigenvalue weighted by Crippen LogP contribution is -2.08. The quantitative estimate of drug-likeness (QED) is 0.315. The number of rotatable bonds is 10. The predicted octanol–water partition coefficient (Wildman–Crippen LogP) is 4.88. The van der Waals surface area contributed by atoms with E-state index in [0.29, 0.717) is 18.9 Å². The van der Waals surface area contributed by atoms with E-state index in [4.69, 9.17) is 4.74 Å². The molecule has 1 atom stereocenters. The molecule has 18 heavy (non-hydrogen) atoms. The highest BCUT2D eigenvalue weighted by atomic mass is 16.5. The van der Waals surface area contributed by atoms with Gasteiger partial charge in [-0.05, 0) is 45.4 Å². The fraction of sp³-hybridized carbons (Fsp3) is 0.812. The minimum Gasteiger partial charge on any atom is -0.466 e. The Kier molecular flexibility index (Phi) is 10.8.